The lowest BCUT2D eigenvalue weighted by molar-refractivity contribution is -0.193. The molecule has 2 aliphatic heterocycles. The quantitative estimate of drug-likeness (QED) is 0.503. The minimum Gasteiger partial charge on any atom is -0.475 e. The number of carboxylic acid groups (broad SMARTS) is 2. The third-order valence-electron chi connectivity index (χ3n) is 5.84. The zero-order valence-electron chi connectivity index (χ0n) is 20.5. The number of rotatable bonds is 5. The summed E-state index contributed by atoms with van der Waals surface area (Å²) in [6, 6.07) is 5.95. The summed E-state index contributed by atoms with van der Waals surface area (Å²) in [4.78, 5) is 24.6. The largest absolute Gasteiger partial charge is 0.490 e. The van der Waals surface area contributed by atoms with Gasteiger partial charge in [-0.25, -0.2) is 18.0 Å². The smallest absolute Gasteiger partial charge is 0.475 e. The van der Waals surface area contributed by atoms with Gasteiger partial charge >= 0.3 is 24.3 Å². The van der Waals surface area contributed by atoms with Crippen LogP contribution in [-0.2, 0) is 30.9 Å². The molecule has 0 aliphatic carbocycles. The van der Waals surface area contributed by atoms with Crippen LogP contribution in [0.25, 0.3) is 0 Å². The topological polar surface area (TPSA) is 137 Å². The lowest BCUT2D eigenvalue weighted by Gasteiger charge is -2.45. The molecule has 0 amide bonds. The number of halogens is 6. The molecule has 1 aromatic rings. The van der Waals surface area contributed by atoms with Crippen molar-refractivity contribution in [2.75, 3.05) is 33.1 Å². The highest BCUT2D eigenvalue weighted by Crippen LogP contribution is 2.43. The number of carboxylic acids is 2. The average Bonchev–Trinajstić information content (AvgIpc) is 3.14. The fraction of sp³-hybridized carbons (Fsp3) is 0.667. The summed E-state index contributed by atoms with van der Waals surface area (Å²) in [5, 5.41) is 14.2. The summed E-state index contributed by atoms with van der Waals surface area (Å²) in [5.74, 6) is -5.51. The Kier molecular flexibility index (Phi) is 11.9. The zero-order chi connectivity index (χ0) is 29.4. The van der Waals surface area contributed by atoms with Crippen molar-refractivity contribution < 1.29 is 59.3 Å². The molecule has 0 aromatic carbocycles. The van der Waals surface area contributed by atoms with Crippen LogP contribution in [0.15, 0.2) is 24.4 Å². The Hall–Kier alpha value is -2.50. The van der Waals surface area contributed by atoms with Gasteiger partial charge in [-0.1, -0.05) is 6.07 Å². The van der Waals surface area contributed by atoms with Gasteiger partial charge in [0.2, 0.25) is 10.0 Å². The highest BCUT2D eigenvalue weighted by molar-refractivity contribution is 7.88. The fourth-order valence-electron chi connectivity index (χ4n) is 4.33. The van der Waals surface area contributed by atoms with Crippen LogP contribution >= 0.6 is 0 Å². The molecule has 17 heteroatoms. The maximum atomic E-state index is 12.4. The number of methoxy groups -OCH3 is 1. The third kappa shape index (κ3) is 10.3. The number of pyridine rings is 1. The molecule has 10 nitrogen and oxygen atoms in total. The summed E-state index contributed by atoms with van der Waals surface area (Å²) < 4.78 is 95.3. The predicted molar refractivity (Wildman–Crippen MR) is 120 cm³/mol. The number of hydrogen-bond acceptors (Lipinski definition) is 7. The molecular formula is C21H29F6N3O7S. The lowest BCUT2D eigenvalue weighted by atomic mass is 9.86. The number of sulfonamides is 1. The van der Waals surface area contributed by atoms with Crippen LogP contribution < -0.4 is 0 Å². The highest BCUT2D eigenvalue weighted by atomic mass is 32.2. The van der Waals surface area contributed by atoms with Crippen molar-refractivity contribution in [2.45, 2.75) is 56.2 Å². The van der Waals surface area contributed by atoms with Crippen LogP contribution in [0.4, 0.5) is 26.3 Å². The number of nitrogens with zero attached hydrogens (tertiary/aromatic N) is 3. The van der Waals surface area contributed by atoms with Gasteiger partial charge in [0.05, 0.1) is 18.6 Å². The third-order valence-corrected chi connectivity index (χ3v) is 7.24. The molecule has 0 saturated carbocycles. The second kappa shape index (κ2) is 13.5. The molecule has 3 heterocycles. The number of hydrogen-bond donors (Lipinski definition) is 2. The van der Waals surface area contributed by atoms with Crippen molar-refractivity contribution in [3.05, 3.63) is 30.1 Å². The first-order chi connectivity index (χ1) is 17.3. The van der Waals surface area contributed by atoms with Crippen molar-refractivity contribution in [3.8, 4) is 0 Å². The van der Waals surface area contributed by atoms with Crippen molar-refractivity contribution >= 4 is 22.0 Å². The van der Waals surface area contributed by atoms with Crippen molar-refractivity contribution in [1.29, 1.82) is 0 Å². The standard InChI is InChI=1S/C17H27N3O3S.2C2HF3O2/c1-23-14-16-6-7-17(20(16)24(2,21)22)8-11-19(12-9-17)13-15-5-3-4-10-18-15;2*3-2(4,5)1(6)7/h3-5,10,16H,6-9,11-14H2,1-2H3;2*(H,6,7). The SMILES string of the molecule is COCC1CCC2(CCN(Cc3ccccn3)CC2)N1S(C)(=O)=O.O=C(O)C(F)(F)F.O=C(O)C(F)(F)F. The summed E-state index contributed by atoms with van der Waals surface area (Å²) >= 11 is 0. The van der Waals surface area contributed by atoms with Gasteiger partial charge in [0, 0.05) is 44.5 Å². The van der Waals surface area contributed by atoms with Crippen molar-refractivity contribution in [3.63, 3.8) is 0 Å². The maximum absolute atomic E-state index is 12.4. The Bertz CT molecular complexity index is 990. The van der Waals surface area contributed by atoms with Gasteiger partial charge in [-0.3, -0.25) is 9.88 Å². The Morgan fingerprint density at radius 1 is 1.05 bits per heavy atom. The normalized spacial score (nSPS) is 20.2. The summed E-state index contributed by atoms with van der Waals surface area (Å²) in [6.07, 6.45) is -3.42. The minimum absolute atomic E-state index is 0.0210. The predicted octanol–water partition coefficient (Wildman–Crippen LogP) is 2.75. The van der Waals surface area contributed by atoms with Gasteiger partial charge in [-0.15, -0.1) is 0 Å². The maximum Gasteiger partial charge on any atom is 0.490 e. The number of likely N-dealkylation sites (tertiary alicyclic amines) is 1. The molecular weight excluding hydrogens is 552 g/mol. The molecule has 1 spiro atoms. The van der Waals surface area contributed by atoms with E-state index in [2.05, 4.69) is 9.88 Å². The van der Waals surface area contributed by atoms with E-state index in [4.69, 9.17) is 24.5 Å². The molecule has 1 aromatic heterocycles. The van der Waals surface area contributed by atoms with E-state index in [0.717, 1.165) is 51.0 Å². The Balaban J connectivity index is 0.000000426. The Labute approximate surface area is 215 Å². The molecule has 218 valence electrons. The van der Waals surface area contributed by atoms with Gasteiger partial charge in [-0.05, 0) is 37.8 Å². The Morgan fingerprint density at radius 3 is 1.92 bits per heavy atom. The van der Waals surface area contributed by atoms with E-state index in [-0.39, 0.29) is 11.6 Å². The molecule has 2 fully saturated rings. The monoisotopic (exact) mass is 581 g/mol. The first-order valence-electron chi connectivity index (χ1n) is 11.0. The van der Waals surface area contributed by atoms with E-state index in [1.165, 1.54) is 6.26 Å². The number of alkyl halides is 6. The minimum atomic E-state index is -5.08. The lowest BCUT2D eigenvalue weighted by Crippen LogP contribution is -2.56. The highest BCUT2D eigenvalue weighted by Gasteiger charge is 2.51. The van der Waals surface area contributed by atoms with Crippen LogP contribution in [-0.4, -0.2) is 102 Å². The van der Waals surface area contributed by atoms with E-state index in [0.29, 0.717) is 6.61 Å². The van der Waals surface area contributed by atoms with Gasteiger partial charge < -0.3 is 14.9 Å². The van der Waals surface area contributed by atoms with Crippen molar-refractivity contribution in [2.24, 2.45) is 0 Å². The van der Waals surface area contributed by atoms with E-state index in [1.807, 2.05) is 24.4 Å². The van der Waals surface area contributed by atoms with E-state index >= 15 is 0 Å². The van der Waals surface area contributed by atoms with Gasteiger partial charge in [-0.2, -0.15) is 30.6 Å². The first-order valence-corrected chi connectivity index (χ1v) is 12.9. The van der Waals surface area contributed by atoms with Crippen LogP contribution in [0.3, 0.4) is 0 Å². The van der Waals surface area contributed by atoms with Gasteiger partial charge in [0.1, 0.15) is 0 Å². The first kappa shape index (κ1) is 33.5. The summed E-state index contributed by atoms with van der Waals surface area (Å²) in [5.41, 5.74) is 0.842. The van der Waals surface area contributed by atoms with Crippen LogP contribution in [0.5, 0.6) is 0 Å². The molecule has 2 N–H and O–H groups in total. The molecule has 0 bridgehead atoms. The van der Waals surface area contributed by atoms with E-state index < -0.39 is 34.3 Å². The number of carbonyl (C=O) groups is 2. The summed E-state index contributed by atoms with van der Waals surface area (Å²) in [7, 11) is -1.60. The van der Waals surface area contributed by atoms with Crippen LogP contribution in [0.1, 0.15) is 31.4 Å². The second-order valence-corrected chi connectivity index (χ2v) is 10.5. The Morgan fingerprint density at radius 2 is 1.55 bits per heavy atom. The molecule has 1 unspecified atom stereocenters. The van der Waals surface area contributed by atoms with Crippen LogP contribution in [0.2, 0.25) is 0 Å². The van der Waals surface area contributed by atoms with Gasteiger partial charge in [0.25, 0.3) is 0 Å². The fourth-order valence-corrected chi connectivity index (χ4v) is 6.02. The number of aliphatic carboxylic acids is 2. The summed E-state index contributed by atoms with van der Waals surface area (Å²) in [6.45, 7) is 3.12. The second-order valence-electron chi connectivity index (χ2n) is 8.63. The zero-order valence-corrected chi connectivity index (χ0v) is 21.3. The molecule has 38 heavy (non-hydrogen) atoms. The molecule has 0 radical (unpaired) electrons. The van der Waals surface area contributed by atoms with Gasteiger partial charge in [0.15, 0.2) is 0 Å². The van der Waals surface area contributed by atoms with E-state index in [9.17, 15) is 34.8 Å². The average molecular weight is 582 g/mol. The van der Waals surface area contributed by atoms with Crippen molar-refractivity contribution in [1.82, 2.24) is 14.2 Å². The molecule has 2 saturated heterocycles. The molecule has 2 aliphatic rings. The number of aromatic nitrogens is 1. The van der Waals surface area contributed by atoms with E-state index in [1.54, 1.807) is 11.4 Å². The molecule has 3 rings (SSSR count). The number of piperidine rings is 1. The molecule has 1 atom stereocenters. The van der Waals surface area contributed by atoms with Crippen LogP contribution in [0, 0.1) is 0 Å². The number of ether oxygens (including phenoxy) is 1.